The molecule has 0 amide bonds. The van der Waals surface area contributed by atoms with Crippen LogP contribution in [0.1, 0.15) is 1.37 Å². The molecule has 3 heteroatoms. The van der Waals surface area contributed by atoms with Gasteiger partial charge in [-0.3, -0.25) is 0 Å². The van der Waals surface area contributed by atoms with Gasteiger partial charge in [0.1, 0.15) is 1.37 Å². The molecule has 0 atom stereocenters. The Kier molecular flexibility index (Phi) is 1.60. The number of hydrogen-bond acceptors (Lipinski definition) is 1. The third-order valence-corrected chi connectivity index (χ3v) is 2.33. The van der Waals surface area contributed by atoms with Crippen LogP contribution < -0.4 is 4.73 Å². The second-order valence-electron chi connectivity index (χ2n) is 2.46. The van der Waals surface area contributed by atoms with Crippen LogP contribution in [0.5, 0.6) is 0 Å². The molecule has 0 fully saturated rings. The number of benzene rings is 1. The summed E-state index contributed by atoms with van der Waals surface area (Å²) in [7, 11) is 0. The monoisotopic (exact) mass is 272 g/mol. The molecule has 60 valence electrons. The number of pyridine rings is 1. The molecule has 2 aromatic rings. The number of rotatable bonds is 0. The fourth-order valence-corrected chi connectivity index (χ4v) is 1.62. The van der Waals surface area contributed by atoms with Crippen molar-refractivity contribution in [3.63, 3.8) is 0 Å². The van der Waals surface area contributed by atoms with Gasteiger partial charge >= 0.3 is 0 Å². The van der Waals surface area contributed by atoms with Crippen LogP contribution in [0.3, 0.4) is 0 Å². The van der Waals surface area contributed by atoms with Crippen LogP contribution >= 0.6 is 22.6 Å². The summed E-state index contributed by atoms with van der Waals surface area (Å²) in [6.07, 6.45) is -0.0197. The molecule has 0 aliphatic rings. The lowest BCUT2D eigenvalue weighted by molar-refractivity contribution is -0.577. The van der Waals surface area contributed by atoms with Crippen LogP contribution in [-0.4, -0.2) is 0 Å². The lowest BCUT2D eigenvalue weighted by Crippen LogP contribution is -2.25. The SMILES string of the molecule is [2H]c1ccc2cc(I)ccc2[n+]1[O-]. The molecule has 2 rings (SSSR count). The van der Waals surface area contributed by atoms with Gasteiger partial charge in [-0.05, 0) is 40.8 Å². The fraction of sp³-hybridized carbons (Fsp3) is 0. The Labute approximate surface area is 85.0 Å². The normalized spacial score (nSPS) is 11.6. The minimum atomic E-state index is -0.0197. The maximum Gasteiger partial charge on any atom is 0.223 e. The van der Waals surface area contributed by atoms with Gasteiger partial charge in [-0.25, -0.2) is 0 Å². The summed E-state index contributed by atoms with van der Waals surface area (Å²) in [4.78, 5) is 0. The highest BCUT2D eigenvalue weighted by Crippen LogP contribution is 2.13. The summed E-state index contributed by atoms with van der Waals surface area (Å²) in [5, 5.41) is 12.2. The second kappa shape index (κ2) is 2.90. The molecule has 0 aliphatic heterocycles. The first-order valence-electron chi connectivity index (χ1n) is 3.97. The smallest absolute Gasteiger partial charge is 0.223 e. The zero-order chi connectivity index (χ0) is 9.42. The second-order valence-corrected chi connectivity index (χ2v) is 3.71. The van der Waals surface area contributed by atoms with E-state index in [0.717, 1.165) is 8.96 Å². The maximum atomic E-state index is 11.4. The Bertz CT molecular complexity index is 472. The third-order valence-electron chi connectivity index (χ3n) is 1.66. The summed E-state index contributed by atoms with van der Waals surface area (Å²) in [5.41, 5.74) is 0.549. The highest BCUT2D eigenvalue weighted by atomic mass is 127. The average molecular weight is 272 g/mol. The van der Waals surface area contributed by atoms with Gasteiger partial charge < -0.3 is 5.21 Å². The molecule has 1 aromatic carbocycles. The molecule has 1 aromatic heterocycles. The molecule has 2 nitrogen and oxygen atoms in total. The van der Waals surface area contributed by atoms with Gasteiger partial charge in [-0.2, -0.15) is 4.73 Å². The molecule has 1 heterocycles. The van der Waals surface area contributed by atoms with Crippen LogP contribution in [-0.2, 0) is 0 Å². The Balaban J connectivity index is 2.87. The van der Waals surface area contributed by atoms with E-state index in [0.29, 0.717) is 10.2 Å². The largest absolute Gasteiger partial charge is 0.618 e. The molecular formula is C9H6INO. The van der Waals surface area contributed by atoms with Crippen LogP contribution in [0.25, 0.3) is 10.9 Å². The molecule has 0 bridgehead atoms. The lowest BCUT2D eigenvalue weighted by Gasteiger charge is -1.99. The van der Waals surface area contributed by atoms with Crippen LogP contribution in [0, 0.1) is 8.78 Å². The number of fused-ring (bicyclic) bond motifs is 1. The first-order valence-corrected chi connectivity index (χ1v) is 4.55. The van der Waals surface area contributed by atoms with Gasteiger partial charge in [0.25, 0.3) is 0 Å². The minimum Gasteiger partial charge on any atom is -0.618 e. The van der Waals surface area contributed by atoms with Crippen molar-refractivity contribution in [3.05, 3.63) is 45.3 Å². The van der Waals surface area contributed by atoms with Crippen molar-refractivity contribution in [2.24, 2.45) is 0 Å². The van der Waals surface area contributed by atoms with Gasteiger partial charge in [0.05, 0.1) is 0 Å². The van der Waals surface area contributed by atoms with Crippen molar-refractivity contribution in [2.45, 2.75) is 0 Å². The van der Waals surface area contributed by atoms with Crippen molar-refractivity contribution in [1.29, 1.82) is 0 Å². The fourth-order valence-electron chi connectivity index (χ4n) is 1.11. The molecular weight excluding hydrogens is 265 g/mol. The lowest BCUT2D eigenvalue weighted by atomic mass is 10.2. The minimum absolute atomic E-state index is 0.0197. The quantitative estimate of drug-likeness (QED) is 0.410. The molecule has 0 unspecified atom stereocenters. The third kappa shape index (κ3) is 1.24. The van der Waals surface area contributed by atoms with Crippen molar-refractivity contribution in [1.82, 2.24) is 0 Å². The van der Waals surface area contributed by atoms with Crippen molar-refractivity contribution >= 4 is 33.5 Å². The van der Waals surface area contributed by atoms with E-state index in [1.165, 1.54) is 6.07 Å². The Morgan fingerprint density at radius 2 is 2.25 bits per heavy atom. The topological polar surface area (TPSA) is 26.9 Å². The van der Waals surface area contributed by atoms with E-state index >= 15 is 0 Å². The zero-order valence-corrected chi connectivity index (χ0v) is 8.28. The zero-order valence-electron chi connectivity index (χ0n) is 7.12. The Morgan fingerprint density at radius 3 is 3.08 bits per heavy atom. The van der Waals surface area contributed by atoms with E-state index in [1.807, 2.05) is 12.1 Å². The maximum absolute atomic E-state index is 11.4. The number of nitrogens with zero attached hydrogens (tertiary/aromatic N) is 1. The predicted octanol–water partition coefficient (Wildman–Crippen LogP) is 2.08. The highest BCUT2D eigenvalue weighted by Gasteiger charge is 2.00. The summed E-state index contributed by atoms with van der Waals surface area (Å²) >= 11 is 2.19. The molecule has 0 N–H and O–H groups in total. The van der Waals surface area contributed by atoms with E-state index in [9.17, 15) is 5.21 Å². The van der Waals surface area contributed by atoms with E-state index in [2.05, 4.69) is 22.6 Å². The van der Waals surface area contributed by atoms with E-state index in [-0.39, 0.29) is 6.17 Å². The van der Waals surface area contributed by atoms with E-state index in [4.69, 9.17) is 1.37 Å². The number of halogens is 1. The van der Waals surface area contributed by atoms with Crippen molar-refractivity contribution in [2.75, 3.05) is 0 Å². The Morgan fingerprint density at radius 1 is 1.42 bits per heavy atom. The van der Waals surface area contributed by atoms with E-state index < -0.39 is 0 Å². The summed E-state index contributed by atoms with van der Waals surface area (Å²) < 4.78 is 9.02. The van der Waals surface area contributed by atoms with Gasteiger partial charge in [0, 0.05) is 21.1 Å². The molecule has 12 heavy (non-hydrogen) atoms. The average Bonchev–Trinajstić information content (AvgIpc) is 2.12. The summed E-state index contributed by atoms with van der Waals surface area (Å²) in [6, 6.07) is 8.81. The molecule has 0 radical (unpaired) electrons. The summed E-state index contributed by atoms with van der Waals surface area (Å²) in [6.45, 7) is 0. The molecule has 0 saturated heterocycles. The van der Waals surface area contributed by atoms with Crippen molar-refractivity contribution < 1.29 is 6.10 Å². The number of aromatic nitrogens is 1. The Hall–Kier alpha value is -0.840. The van der Waals surface area contributed by atoms with Crippen LogP contribution in [0.2, 0.25) is 0 Å². The number of hydrogen-bond donors (Lipinski definition) is 0. The van der Waals surface area contributed by atoms with Crippen molar-refractivity contribution in [3.8, 4) is 0 Å². The van der Waals surface area contributed by atoms with Gasteiger partial charge in [0.15, 0.2) is 6.17 Å². The van der Waals surface area contributed by atoms with Gasteiger partial charge in [-0.1, -0.05) is 0 Å². The van der Waals surface area contributed by atoms with Crippen LogP contribution in [0.15, 0.2) is 36.5 Å². The standard InChI is InChI=1S/C9H6INO/c10-8-3-4-9-7(6-8)2-1-5-11(9)12/h1-6H/i5D. The van der Waals surface area contributed by atoms with Crippen LogP contribution in [0.4, 0.5) is 0 Å². The van der Waals surface area contributed by atoms with E-state index in [1.54, 1.807) is 12.1 Å². The highest BCUT2D eigenvalue weighted by molar-refractivity contribution is 14.1. The molecule has 0 spiro atoms. The van der Waals surface area contributed by atoms with Gasteiger partial charge in [0.2, 0.25) is 5.52 Å². The van der Waals surface area contributed by atoms with Gasteiger partial charge in [-0.15, -0.1) is 0 Å². The predicted molar refractivity (Wildman–Crippen MR) is 55.6 cm³/mol. The molecule has 0 saturated carbocycles. The first kappa shape index (κ1) is 6.65. The molecule has 0 aliphatic carbocycles. The summed E-state index contributed by atoms with van der Waals surface area (Å²) in [5.74, 6) is 0. The first-order chi connectivity index (χ1) is 6.18.